The van der Waals surface area contributed by atoms with Gasteiger partial charge in [-0.1, -0.05) is 12.1 Å². The molecule has 3 nitrogen and oxygen atoms in total. The van der Waals surface area contributed by atoms with Gasteiger partial charge in [0.25, 0.3) is 0 Å². The molecule has 0 radical (unpaired) electrons. The van der Waals surface area contributed by atoms with Crippen molar-refractivity contribution in [3.8, 4) is 0 Å². The molecule has 98 valence electrons. The van der Waals surface area contributed by atoms with Gasteiger partial charge in [0.15, 0.2) is 11.5 Å². The summed E-state index contributed by atoms with van der Waals surface area (Å²) in [6, 6.07) is 9.65. The van der Waals surface area contributed by atoms with E-state index in [0.29, 0.717) is 12.3 Å². The van der Waals surface area contributed by atoms with Crippen LogP contribution in [0.15, 0.2) is 43.0 Å². The number of thiophene rings is 1. The summed E-state index contributed by atoms with van der Waals surface area (Å²) >= 11 is 8.57. The van der Waals surface area contributed by atoms with Crippen LogP contribution in [0.25, 0.3) is 11.1 Å². The first-order chi connectivity index (χ1) is 9.13. The molecule has 1 atom stereocenters. The van der Waals surface area contributed by atoms with E-state index in [0.717, 1.165) is 24.2 Å². The Bertz CT molecular complexity index is 670. The van der Waals surface area contributed by atoms with E-state index in [1.54, 1.807) is 11.3 Å². The van der Waals surface area contributed by atoms with E-state index in [1.807, 2.05) is 30.3 Å². The number of aromatic nitrogens is 1. The number of hydrogen-bond donors (Lipinski definition) is 1. The van der Waals surface area contributed by atoms with Gasteiger partial charge in [0, 0.05) is 21.8 Å². The van der Waals surface area contributed by atoms with E-state index in [1.165, 1.54) is 0 Å². The Morgan fingerprint density at radius 1 is 1.32 bits per heavy atom. The van der Waals surface area contributed by atoms with Crippen molar-refractivity contribution >= 4 is 54.3 Å². The van der Waals surface area contributed by atoms with Gasteiger partial charge in [-0.3, -0.25) is 0 Å². The van der Waals surface area contributed by atoms with Gasteiger partial charge in [-0.25, -0.2) is 4.98 Å². The van der Waals surface area contributed by atoms with Crippen molar-refractivity contribution < 1.29 is 4.42 Å². The van der Waals surface area contributed by atoms with Crippen LogP contribution >= 0.6 is 43.2 Å². The van der Waals surface area contributed by atoms with Gasteiger partial charge < -0.3 is 10.2 Å². The Balaban J connectivity index is 1.84. The maximum absolute atomic E-state index is 6.20. The van der Waals surface area contributed by atoms with Gasteiger partial charge in [-0.2, -0.15) is 0 Å². The minimum absolute atomic E-state index is 0.110. The number of para-hydroxylation sites is 2. The van der Waals surface area contributed by atoms with Gasteiger partial charge in [-0.05, 0) is 50.1 Å². The first kappa shape index (κ1) is 13.3. The van der Waals surface area contributed by atoms with Gasteiger partial charge in [-0.15, -0.1) is 11.3 Å². The highest BCUT2D eigenvalue weighted by molar-refractivity contribution is 9.13. The van der Waals surface area contributed by atoms with Crippen molar-refractivity contribution in [2.75, 3.05) is 0 Å². The molecule has 1 aromatic carbocycles. The van der Waals surface area contributed by atoms with Crippen LogP contribution in [-0.4, -0.2) is 4.98 Å². The largest absolute Gasteiger partial charge is 0.441 e. The first-order valence-electron chi connectivity index (χ1n) is 5.68. The fourth-order valence-corrected chi connectivity index (χ4v) is 3.93. The Labute approximate surface area is 131 Å². The lowest BCUT2D eigenvalue weighted by atomic mass is 10.2. The zero-order valence-electron chi connectivity index (χ0n) is 9.77. The lowest BCUT2D eigenvalue weighted by molar-refractivity contribution is 0.504. The van der Waals surface area contributed by atoms with E-state index in [9.17, 15) is 0 Å². The van der Waals surface area contributed by atoms with Crippen molar-refractivity contribution in [2.24, 2.45) is 5.73 Å². The van der Waals surface area contributed by atoms with Crippen molar-refractivity contribution in [3.63, 3.8) is 0 Å². The van der Waals surface area contributed by atoms with Crippen LogP contribution in [0.4, 0.5) is 0 Å². The molecule has 3 aromatic rings. The van der Waals surface area contributed by atoms with Gasteiger partial charge >= 0.3 is 0 Å². The molecule has 2 heterocycles. The number of fused-ring (bicyclic) bond motifs is 1. The van der Waals surface area contributed by atoms with Crippen molar-refractivity contribution in [3.05, 3.63) is 49.4 Å². The summed E-state index contributed by atoms with van der Waals surface area (Å²) in [5.41, 5.74) is 7.88. The number of hydrogen-bond acceptors (Lipinski definition) is 4. The number of rotatable bonds is 3. The molecule has 0 aliphatic rings. The summed E-state index contributed by atoms with van der Waals surface area (Å²) < 4.78 is 7.77. The number of halogens is 2. The molecule has 2 aromatic heterocycles. The van der Waals surface area contributed by atoms with Crippen LogP contribution in [0.2, 0.25) is 0 Å². The Morgan fingerprint density at radius 2 is 2.11 bits per heavy atom. The van der Waals surface area contributed by atoms with Crippen LogP contribution in [0, 0.1) is 0 Å². The topological polar surface area (TPSA) is 52.0 Å². The van der Waals surface area contributed by atoms with E-state index in [-0.39, 0.29) is 6.04 Å². The zero-order chi connectivity index (χ0) is 13.4. The second-order valence-corrected chi connectivity index (χ2v) is 7.41. The summed E-state index contributed by atoms with van der Waals surface area (Å²) in [5.74, 6) is 0.675. The molecule has 0 amide bonds. The van der Waals surface area contributed by atoms with Crippen LogP contribution in [-0.2, 0) is 6.42 Å². The molecule has 0 saturated carbocycles. The minimum atomic E-state index is -0.110. The predicted molar refractivity (Wildman–Crippen MR) is 84.4 cm³/mol. The summed E-state index contributed by atoms with van der Waals surface area (Å²) in [6.45, 7) is 0. The molecule has 0 bridgehead atoms. The second-order valence-electron chi connectivity index (χ2n) is 4.16. The average Bonchev–Trinajstić information content (AvgIpc) is 2.93. The summed E-state index contributed by atoms with van der Waals surface area (Å²) in [5, 5.41) is 0. The fraction of sp³-hybridized carbons (Fsp3) is 0.154. The third-order valence-corrected chi connectivity index (χ3v) is 6.15. The third kappa shape index (κ3) is 2.76. The van der Waals surface area contributed by atoms with E-state index in [2.05, 4.69) is 36.8 Å². The monoisotopic (exact) mass is 400 g/mol. The van der Waals surface area contributed by atoms with E-state index in [4.69, 9.17) is 10.2 Å². The molecule has 1 unspecified atom stereocenters. The Morgan fingerprint density at radius 3 is 2.79 bits per heavy atom. The predicted octanol–water partition coefficient (Wildman–Crippen LogP) is 4.66. The highest BCUT2D eigenvalue weighted by Gasteiger charge is 2.15. The van der Waals surface area contributed by atoms with Crippen LogP contribution in [0.3, 0.4) is 0 Å². The van der Waals surface area contributed by atoms with Crippen molar-refractivity contribution in [1.82, 2.24) is 4.98 Å². The Kier molecular flexibility index (Phi) is 3.75. The SMILES string of the molecule is NC(Cc1nc2ccccc2o1)c1cc(Br)c(Br)s1. The van der Waals surface area contributed by atoms with Crippen molar-refractivity contribution in [2.45, 2.75) is 12.5 Å². The third-order valence-electron chi connectivity index (χ3n) is 2.76. The smallest absolute Gasteiger partial charge is 0.197 e. The maximum atomic E-state index is 6.20. The lowest BCUT2D eigenvalue weighted by Crippen LogP contribution is -2.11. The summed E-state index contributed by atoms with van der Waals surface area (Å²) in [7, 11) is 0. The quantitative estimate of drug-likeness (QED) is 0.694. The molecule has 3 rings (SSSR count). The molecule has 0 spiro atoms. The van der Waals surface area contributed by atoms with E-state index >= 15 is 0 Å². The first-order valence-corrected chi connectivity index (χ1v) is 8.08. The maximum Gasteiger partial charge on any atom is 0.197 e. The number of oxazole rings is 1. The number of nitrogens with zero attached hydrogens (tertiary/aromatic N) is 1. The molecule has 2 N–H and O–H groups in total. The molecule has 19 heavy (non-hydrogen) atoms. The molecular weight excluding hydrogens is 392 g/mol. The highest BCUT2D eigenvalue weighted by Crippen LogP contribution is 2.35. The average molecular weight is 402 g/mol. The fourth-order valence-electron chi connectivity index (χ4n) is 1.84. The van der Waals surface area contributed by atoms with E-state index < -0.39 is 0 Å². The standard InChI is InChI=1S/C13H10Br2N2OS/c14-7-5-11(19-13(7)15)8(16)6-12-17-9-3-1-2-4-10(9)18-12/h1-5,8H,6,16H2. The lowest BCUT2D eigenvalue weighted by Gasteiger charge is -2.05. The van der Waals surface area contributed by atoms with Crippen LogP contribution in [0.1, 0.15) is 16.8 Å². The molecule has 0 saturated heterocycles. The second kappa shape index (κ2) is 5.36. The zero-order valence-corrected chi connectivity index (χ0v) is 13.8. The summed E-state index contributed by atoms with van der Waals surface area (Å²) in [6.07, 6.45) is 0.591. The van der Waals surface area contributed by atoms with Crippen molar-refractivity contribution in [1.29, 1.82) is 0 Å². The molecule has 0 fully saturated rings. The summed E-state index contributed by atoms with van der Waals surface area (Å²) in [4.78, 5) is 5.54. The normalized spacial score (nSPS) is 13.0. The minimum Gasteiger partial charge on any atom is -0.441 e. The van der Waals surface area contributed by atoms with Gasteiger partial charge in [0.1, 0.15) is 5.52 Å². The molecule has 0 aliphatic carbocycles. The van der Waals surface area contributed by atoms with Crippen LogP contribution in [0.5, 0.6) is 0 Å². The molecular formula is C13H10Br2N2OS. The van der Waals surface area contributed by atoms with Gasteiger partial charge in [0.05, 0.1) is 3.79 Å². The highest BCUT2D eigenvalue weighted by atomic mass is 79.9. The van der Waals surface area contributed by atoms with Crippen LogP contribution < -0.4 is 5.73 Å². The number of nitrogens with two attached hydrogens (primary N) is 1. The number of benzene rings is 1. The Hall–Kier alpha value is -0.690. The molecule has 0 aliphatic heterocycles. The molecule has 6 heteroatoms. The van der Waals surface area contributed by atoms with Gasteiger partial charge in [0.2, 0.25) is 0 Å².